The van der Waals surface area contributed by atoms with Gasteiger partial charge in [-0.25, -0.2) is 4.98 Å². The fraction of sp³-hybridized carbons (Fsp3) is 0.400. The first-order chi connectivity index (χ1) is 10.4. The Morgan fingerprint density at radius 2 is 2.04 bits per heavy atom. The number of benzene rings is 1. The largest absolute Gasteiger partial charge is 0.326 e. The van der Waals surface area contributed by atoms with Crippen LogP contribution in [0.15, 0.2) is 18.2 Å². The van der Waals surface area contributed by atoms with Gasteiger partial charge in [-0.15, -0.1) is 12.4 Å². The highest BCUT2D eigenvalue weighted by Gasteiger charge is 2.20. The number of halogens is 1. The van der Waals surface area contributed by atoms with Crippen LogP contribution in [0.1, 0.15) is 27.2 Å². The normalized spacial score (nSPS) is 13.0. The van der Waals surface area contributed by atoms with Crippen LogP contribution in [-0.4, -0.2) is 22.8 Å². The van der Waals surface area contributed by atoms with Crippen molar-refractivity contribution in [2.24, 2.45) is 11.7 Å². The van der Waals surface area contributed by atoms with E-state index >= 15 is 0 Å². The predicted octanol–water partition coefficient (Wildman–Crippen LogP) is 2.99. The number of carbonyl (C=O) groups excluding carboxylic acids is 2. The molecule has 0 saturated heterocycles. The molecular weight excluding hydrogens is 336 g/mol. The van der Waals surface area contributed by atoms with Gasteiger partial charge in [0.05, 0.1) is 16.3 Å². The lowest BCUT2D eigenvalue weighted by Crippen LogP contribution is -2.40. The van der Waals surface area contributed by atoms with Crippen LogP contribution < -0.4 is 16.4 Å². The molecule has 0 bridgehead atoms. The van der Waals surface area contributed by atoms with Crippen molar-refractivity contribution in [3.05, 3.63) is 18.2 Å². The van der Waals surface area contributed by atoms with Crippen molar-refractivity contribution in [1.82, 2.24) is 4.98 Å². The van der Waals surface area contributed by atoms with E-state index in [0.717, 1.165) is 16.6 Å². The Bertz CT molecular complexity index is 704. The maximum Gasteiger partial charge on any atom is 0.243 e. The monoisotopic (exact) mass is 356 g/mol. The first-order valence-electron chi connectivity index (χ1n) is 7.15. The quantitative estimate of drug-likeness (QED) is 0.767. The Kier molecular flexibility index (Phi) is 6.93. The van der Waals surface area contributed by atoms with Crippen molar-refractivity contribution in [1.29, 1.82) is 0 Å². The molecule has 6 nitrogen and oxygen atoms in total. The third kappa shape index (κ3) is 4.89. The van der Waals surface area contributed by atoms with E-state index in [-0.39, 0.29) is 30.1 Å². The van der Waals surface area contributed by atoms with Crippen molar-refractivity contribution in [2.45, 2.75) is 33.2 Å². The van der Waals surface area contributed by atoms with Crippen molar-refractivity contribution in [3.8, 4) is 0 Å². The van der Waals surface area contributed by atoms with Gasteiger partial charge in [-0.1, -0.05) is 31.6 Å². The van der Waals surface area contributed by atoms with Gasteiger partial charge in [-0.3, -0.25) is 9.59 Å². The number of nitrogens with one attached hydrogen (secondary N) is 2. The molecule has 1 aromatic carbocycles. The summed E-state index contributed by atoms with van der Waals surface area (Å²) in [6, 6.07) is 4.87. The molecule has 0 aliphatic heterocycles. The van der Waals surface area contributed by atoms with E-state index in [9.17, 15) is 9.59 Å². The summed E-state index contributed by atoms with van der Waals surface area (Å²) in [5.41, 5.74) is 7.39. The zero-order valence-electron chi connectivity index (χ0n) is 13.3. The fourth-order valence-electron chi connectivity index (χ4n) is 1.96. The summed E-state index contributed by atoms with van der Waals surface area (Å²) in [5, 5.41) is 6.00. The lowest BCUT2D eigenvalue weighted by atomic mass is 10.00. The molecule has 1 heterocycles. The maximum atomic E-state index is 12.1. The van der Waals surface area contributed by atoms with E-state index in [4.69, 9.17) is 5.73 Å². The third-order valence-electron chi connectivity index (χ3n) is 3.50. The van der Waals surface area contributed by atoms with Crippen molar-refractivity contribution >= 4 is 56.6 Å². The Labute approximate surface area is 145 Å². The lowest BCUT2D eigenvalue weighted by Gasteiger charge is -2.16. The second-order valence-electron chi connectivity index (χ2n) is 5.28. The lowest BCUT2D eigenvalue weighted by molar-refractivity contribution is -0.118. The van der Waals surface area contributed by atoms with Crippen LogP contribution in [-0.2, 0) is 9.59 Å². The molecule has 2 unspecified atom stereocenters. The summed E-state index contributed by atoms with van der Waals surface area (Å²) in [7, 11) is 0. The third-order valence-corrected chi connectivity index (χ3v) is 4.43. The SMILES string of the molecule is CCC(C)C(N)C(=O)Nc1nc2ccc(NC(C)=O)cc2s1.Cl. The molecule has 0 aliphatic carbocycles. The Balaban J connectivity index is 0.00000264. The summed E-state index contributed by atoms with van der Waals surface area (Å²) >= 11 is 1.35. The van der Waals surface area contributed by atoms with Crippen LogP contribution in [0.5, 0.6) is 0 Å². The Morgan fingerprint density at radius 3 is 2.65 bits per heavy atom. The van der Waals surface area contributed by atoms with Gasteiger partial charge in [0.1, 0.15) is 0 Å². The number of fused-ring (bicyclic) bond motifs is 1. The number of carbonyl (C=O) groups is 2. The molecule has 0 spiro atoms. The number of anilines is 2. The van der Waals surface area contributed by atoms with Gasteiger partial charge in [-0.05, 0) is 24.1 Å². The zero-order valence-corrected chi connectivity index (χ0v) is 14.9. The van der Waals surface area contributed by atoms with E-state index in [1.54, 1.807) is 12.1 Å². The highest BCUT2D eigenvalue weighted by Crippen LogP contribution is 2.28. The molecule has 2 aromatic rings. The summed E-state index contributed by atoms with van der Waals surface area (Å²) < 4.78 is 0.888. The van der Waals surface area contributed by atoms with Crippen LogP contribution in [0.25, 0.3) is 10.2 Å². The topological polar surface area (TPSA) is 97.1 Å². The molecular formula is C15H21ClN4O2S. The second kappa shape index (κ2) is 8.24. The van der Waals surface area contributed by atoms with Crippen LogP contribution in [0.4, 0.5) is 10.8 Å². The molecule has 8 heteroatoms. The highest BCUT2D eigenvalue weighted by atomic mass is 35.5. The van der Waals surface area contributed by atoms with Gasteiger partial charge in [0, 0.05) is 12.6 Å². The molecule has 2 rings (SSSR count). The molecule has 1 aromatic heterocycles. The molecule has 0 radical (unpaired) electrons. The molecule has 0 fully saturated rings. The van der Waals surface area contributed by atoms with E-state index < -0.39 is 6.04 Å². The summed E-state index contributed by atoms with van der Waals surface area (Å²) in [5.74, 6) is -0.242. The molecule has 0 saturated carbocycles. The van der Waals surface area contributed by atoms with Crippen LogP contribution >= 0.6 is 23.7 Å². The minimum absolute atomic E-state index is 0. The maximum absolute atomic E-state index is 12.1. The average Bonchev–Trinajstić information content (AvgIpc) is 2.86. The number of hydrogen-bond acceptors (Lipinski definition) is 5. The second-order valence-corrected chi connectivity index (χ2v) is 6.31. The number of nitrogens with zero attached hydrogens (tertiary/aromatic N) is 1. The fourth-order valence-corrected chi connectivity index (χ4v) is 2.87. The summed E-state index contributed by atoms with van der Waals surface area (Å²) in [6.45, 7) is 5.40. The standard InChI is InChI=1S/C15H20N4O2S.ClH/c1-4-8(2)13(16)14(21)19-15-18-11-6-5-10(17-9(3)20)7-12(11)22-15;/h5-8,13H,4,16H2,1-3H3,(H,17,20)(H,18,19,21);1H. The molecule has 2 amide bonds. The van der Waals surface area contributed by atoms with E-state index in [1.807, 2.05) is 19.9 Å². The van der Waals surface area contributed by atoms with Gasteiger partial charge in [-0.2, -0.15) is 0 Å². The van der Waals surface area contributed by atoms with Gasteiger partial charge < -0.3 is 16.4 Å². The summed E-state index contributed by atoms with van der Waals surface area (Å²) in [6.07, 6.45) is 0.842. The van der Waals surface area contributed by atoms with E-state index in [1.165, 1.54) is 18.3 Å². The number of amides is 2. The summed E-state index contributed by atoms with van der Waals surface area (Å²) in [4.78, 5) is 27.5. The number of hydrogen-bond donors (Lipinski definition) is 3. The number of thiazole rings is 1. The minimum atomic E-state index is -0.549. The minimum Gasteiger partial charge on any atom is -0.326 e. The van der Waals surface area contributed by atoms with Gasteiger partial charge in [0.2, 0.25) is 11.8 Å². The van der Waals surface area contributed by atoms with Gasteiger partial charge in [0.15, 0.2) is 5.13 Å². The Morgan fingerprint density at radius 1 is 1.35 bits per heavy atom. The smallest absolute Gasteiger partial charge is 0.243 e. The number of rotatable bonds is 5. The number of nitrogens with two attached hydrogens (primary N) is 1. The Hall–Kier alpha value is -1.70. The highest BCUT2D eigenvalue weighted by molar-refractivity contribution is 7.22. The van der Waals surface area contributed by atoms with Crippen LogP contribution in [0.2, 0.25) is 0 Å². The van der Waals surface area contributed by atoms with Gasteiger partial charge in [0.25, 0.3) is 0 Å². The zero-order chi connectivity index (χ0) is 16.3. The first-order valence-corrected chi connectivity index (χ1v) is 7.97. The van der Waals surface area contributed by atoms with E-state index in [0.29, 0.717) is 10.8 Å². The molecule has 126 valence electrons. The van der Waals surface area contributed by atoms with Crippen molar-refractivity contribution < 1.29 is 9.59 Å². The molecule has 23 heavy (non-hydrogen) atoms. The van der Waals surface area contributed by atoms with Gasteiger partial charge >= 0.3 is 0 Å². The number of aromatic nitrogens is 1. The van der Waals surface area contributed by atoms with Crippen LogP contribution in [0, 0.1) is 5.92 Å². The predicted molar refractivity (Wildman–Crippen MR) is 97.2 cm³/mol. The van der Waals surface area contributed by atoms with Crippen molar-refractivity contribution in [3.63, 3.8) is 0 Å². The van der Waals surface area contributed by atoms with Crippen molar-refractivity contribution in [2.75, 3.05) is 10.6 Å². The van der Waals surface area contributed by atoms with E-state index in [2.05, 4.69) is 15.6 Å². The first kappa shape index (κ1) is 19.3. The molecule has 4 N–H and O–H groups in total. The average molecular weight is 357 g/mol. The molecule has 0 aliphatic rings. The van der Waals surface area contributed by atoms with Crippen LogP contribution in [0.3, 0.4) is 0 Å². The molecule has 2 atom stereocenters.